The van der Waals surface area contributed by atoms with Gasteiger partial charge in [0.15, 0.2) is 0 Å². The molecule has 1 saturated heterocycles. The van der Waals surface area contributed by atoms with E-state index in [4.69, 9.17) is 0 Å². The largest absolute Gasteiger partial charge is 0.350 e. The van der Waals surface area contributed by atoms with Crippen LogP contribution in [0.4, 0.5) is 0 Å². The summed E-state index contributed by atoms with van der Waals surface area (Å²) in [7, 11) is -3.51. The fraction of sp³-hybridized carbons (Fsp3) is 0.471. The summed E-state index contributed by atoms with van der Waals surface area (Å²) in [4.78, 5) is 36.0. The Morgan fingerprint density at radius 1 is 1.08 bits per heavy atom. The Bertz CT molecular complexity index is 769. The number of sulfonamides is 1. The van der Waals surface area contributed by atoms with Crippen molar-refractivity contribution in [2.75, 3.05) is 19.6 Å². The Morgan fingerprint density at radius 2 is 1.62 bits per heavy atom. The molecule has 0 saturated carbocycles. The number of likely N-dealkylation sites (tertiary alicyclic amines) is 1. The van der Waals surface area contributed by atoms with Crippen LogP contribution in [-0.4, -0.2) is 55.0 Å². The first kappa shape index (κ1) is 20.1. The van der Waals surface area contributed by atoms with E-state index in [1.165, 1.54) is 16.4 Å². The zero-order chi connectivity index (χ0) is 19.3. The lowest BCUT2D eigenvalue weighted by molar-refractivity contribution is -0.142. The maximum absolute atomic E-state index is 12.4. The second-order valence-electron chi connectivity index (χ2n) is 5.88. The standard InChI is InChI=1S/C17H23N3O5S/c1-3-19(4-2)26(24,25)14-7-5-13(6-8-14)11-18-15(21)12-20-16(22)9-10-17(20)23/h5-8H,3-4,9-12H2,1-2H3,(H,18,21). The van der Waals surface area contributed by atoms with E-state index in [-0.39, 0.29) is 42.6 Å². The molecule has 26 heavy (non-hydrogen) atoms. The lowest BCUT2D eigenvalue weighted by Crippen LogP contribution is -2.39. The van der Waals surface area contributed by atoms with Gasteiger partial charge < -0.3 is 5.32 Å². The normalized spacial score (nSPS) is 15.0. The van der Waals surface area contributed by atoms with Gasteiger partial charge in [-0.3, -0.25) is 19.3 Å². The van der Waals surface area contributed by atoms with Crippen molar-refractivity contribution >= 4 is 27.7 Å². The average molecular weight is 381 g/mol. The van der Waals surface area contributed by atoms with E-state index in [1.807, 2.05) is 0 Å². The third-order valence-electron chi connectivity index (χ3n) is 4.21. The number of carbonyl (C=O) groups is 3. The summed E-state index contributed by atoms with van der Waals surface area (Å²) in [5.74, 6) is -1.11. The molecule has 1 fully saturated rings. The topological polar surface area (TPSA) is 104 Å². The van der Waals surface area contributed by atoms with Crippen LogP contribution in [0, 0.1) is 0 Å². The van der Waals surface area contributed by atoms with Gasteiger partial charge in [0.25, 0.3) is 0 Å². The first-order chi connectivity index (χ1) is 12.3. The fourth-order valence-corrected chi connectivity index (χ4v) is 4.15. The van der Waals surface area contributed by atoms with E-state index in [2.05, 4.69) is 5.32 Å². The molecule has 1 N–H and O–H groups in total. The number of rotatable bonds is 8. The molecule has 0 unspecified atom stereocenters. The molecule has 0 aromatic heterocycles. The van der Waals surface area contributed by atoms with Crippen LogP contribution in [0.1, 0.15) is 32.3 Å². The monoisotopic (exact) mass is 381 g/mol. The van der Waals surface area contributed by atoms with Gasteiger partial charge in [0.05, 0.1) is 4.90 Å². The molecule has 1 aliphatic rings. The van der Waals surface area contributed by atoms with E-state index in [9.17, 15) is 22.8 Å². The Balaban J connectivity index is 1.94. The van der Waals surface area contributed by atoms with Crippen LogP contribution in [0.5, 0.6) is 0 Å². The molecule has 1 aliphatic heterocycles. The van der Waals surface area contributed by atoms with Crippen molar-refractivity contribution in [3.05, 3.63) is 29.8 Å². The minimum absolute atomic E-state index is 0.147. The minimum atomic E-state index is -3.51. The number of nitrogens with one attached hydrogen (secondary N) is 1. The van der Waals surface area contributed by atoms with Crippen LogP contribution in [0.25, 0.3) is 0 Å². The fourth-order valence-electron chi connectivity index (χ4n) is 2.69. The van der Waals surface area contributed by atoms with Crippen molar-refractivity contribution in [3.8, 4) is 0 Å². The molecule has 0 atom stereocenters. The van der Waals surface area contributed by atoms with Crippen LogP contribution < -0.4 is 5.32 Å². The summed E-state index contributed by atoms with van der Waals surface area (Å²) in [6.45, 7) is 4.24. The summed E-state index contributed by atoms with van der Waals surface area (Å²) < 4.78 is 26.2. The predicted octanol–water partition coefficient (Wildman–Crippen LogP) is 0.482. The number of nitrogens with zero attached hydrogens (tertiary/aromatic N) is 2. The summed E-state index contributed by atoms with van der Waals surface area (Å²) in [5.41, 5.74) is 0.718. The zero-order valence-corrected chi connectivity index (χ0v) is 15.7. The van der Waals surface area contributed by atoms with Gasteiger partial charge in [-0.15, -0.1) is 0 Å². The van der Waals surface area contributed by atoms with Gasteiger partial charge in [-0.25, -0.2) is 8.42 Å². The lowest BCUT2D eigenvalue weighted by atomic mass is 10.2. The number of carbonyl (C=O) groups excluding carboxylic acids is 3. The summed E-state index contributed by atoms with van der Waals surface area (Å²) in [6.07, 6.45) is 0.295. The third kappa shape index (κ3) is 4.47. The highest BCUT2D eigenvalue weighted by Gasteiger charge is 2.30. The van der Waals surface area contributed by atoms with Crippen molar-refractivity contribution in [3.63, 3.8) is 0 Å². The molecule has 1 heterocycles. The molecular formula is C17H23N3O5S. The SMILES string of the molecule is CCN(CC)S(=O)(=O)c1ccc(CNC(=O)CN2C(=O)CCC2=O)cc1. The van der Waals surface area contributed by atoms with Crippen molar-refractivity contribution in [1.29, 1.82) is 0 Å². The van der Waals surface area contributed by atoms with Gasteiger partial charge >= 0.3 is 0 Å². The van der Waals surface area contributed by atoms with E-state index in [0.29, 0.717) is 13.1 Å². The zero-order valence-electron chi connectivity index (χ0n) is 14.9. The Hall–Kier alpha value is -2.26. The van der Waals surface area contributed by atoms with Gasteiger partial charge in [0, 0.05) is 32.5 Å². The number of benzene rings is 1. The van der Waals surface area contributed by atoms with Crippen LogP contribution >= 0.6 is 0 Å². The Labute approximate surface area is 153 Å². The second kappa shape index (κ2) is 8.41. The molecule has 8 nitrogen and oxygen atoms in total. The summed E-state index contributed by atoms with van der Waals surface area (Å²) >= 11 is 0. The molecule has 0 bridgehead atoms. The predicted molar refractivity (Wildman–Crippen MR) is 94.3 cm³/mol. The molecule has 3 amide bonds. The Kier molecular flexibility index (Phi) is 6.49. The second-order valence-corrected chi connectivity index (χ2v) is 7.82. The van der Waals surface area contributed by atoms with Gasteiger partial charge in [-0.1, -0.05) is 26.0 Å². The molecule has 1 aromatic rings. The quantitative estimate of drug-likeness (QED) is 0.660. The minimum Gasteiger partial charge on any atom is -0.350 e. The molecule has 142 valence electrons. The van der Waals surface area contributed by atoms with Crippen LogP contribution in [0.2, 0.25) is 0 Å². The number of hydrogen-bond donors (Lipinski definition) is 1. The first-order valence-electron chi connectivity index (χ1n) is 8.48. The van der Waals surface area contributed by atoms with E-state index >= 15 is 0 Å². The number of hydrogen-bond acceptors (Lipinski definition) is 5. The Morgan fingerprint density at radius 3 is 2.12 bits per heavy atom. The molecule has 9 heteroatoms. The van der Waals surface area contributed by atoms with Crippen molar-refractivity contribution in [1.82, 2.24) is 14.5 Å². The van der Waals surface area contributed by atoms with E-state index in [0.717, 1.165) is 10.5 Å². The van der Waals surface area contributed by atoms with Crippen LogP contribution in [-0.2, 0) is 31.0 Å². The maximum Gasteiger partial charge on any atom is 0.243 e. The van der Waals surface area contributed by atoms with Crippen LogP contribution in [0.15, 0.2) is 29.2 Å². The van der Waals surface area contributed by atoms with Crippen molar-refractivity contribution in [2.45, 2.75) is 38.1 Å². The van der Waals surface area contributed by atoms with E-state index < -0.39 is 15.9 Å². The van der Waals surface area contributed by atoms with Gasteiger partial charge in [-0.2, -0.15) is 4.31 Å². The molecule has 0 aliphatic carbocycles. The van der Waals surface area contributed by atoms with Crippen molar-refractivity contribution < 1.29 is 22.8 Å². The first-order valence-corrected chi connectivity index (χ1v) is 9.92. The molecule has 0 spiro atoms. The summed E-state index contributed by atoms with van der Waals surface area (Å²) in [6, 6.07) is 6.26. The summed E-state index contributed by atoms with van der Waals surface area (Å²) in [5, 5.41) is 2.63. The molecule has 2 rings (SSSR count). The lowest BCUT2D eigenvalue weighted by Gasteiger charge is -2.18. The number of amides is 3. The van der Waals surface area contributed by atoms with Gasteiger partial charge in [0.2, 0.25) is 27.7 Å². The third-order valence-corrected chi connectivity index (χ3v) is 6.28. The maximum atomic E-state index is 12.4. The van der Waals surface area contributed by atoms with E-state index in [1.54, 1.807) is 26.0 Å². The van der Waals surface area contributed by atoms with Gasteiger partial charge in [-0.05, 0) is 17.7 Å². The average Bonchev–Trinajstić information content (AvgIpc) is 2.93. The molecular weight excluding hydrogens is 358 g/mol. The highest BCUT2D eigenvalue weighted by atomic mass is 32.2. The number of imide groups is 1. The smallest absolute Gasteiger partial charge is 0.243 e. The van der Waals surface area contributed by atoms with Crippen molar-refractivity contribution in [2.24, 2.45) is 0 Å². The highest BCUT2D eigenvalue weighted by Crippen LogP contribution is 2.16. The van der Waals surface area contributed by atoms with Crippen LogP contribution in [0.3, 0.4) is 0 Å². The molecule has 1 aromatic carbocycles. The molecule has 0 radical (unpaired) electrons. The highest BCUT2D eigenvalue weighted by molar-refractivity contribution is 7.89. The van der Waals surface area contributed by atoms with Gasteiger partial charge in [0.1, 0.15) is 6.54 Å².